The summed E-state index contributed by atoms with van der Waals surface area (Å²) in [4.78, 5) is 39.0. The first-order chi connectivity index (χ1) is 14.9. The number of ether oxygens (including phenoxy) is 2. The zero-order valence-corrected chi connectivity index (χ0v) is 17.4. The lowest BCUT2D eigenvalue weighted by Gasteiger charge is -2.20. The van der Waals surface area contributed by atoms with E-state index in [1.807, 2.05) is 0 Å². The van der Waals surface area contributed by atoms with Crippen LogP contribution in [0.5, 0.6) is 0 Å². The summed E-state index contributed by atoms with van der Waals surface area (Å²) in [7, 11) is 0. The van der Waals surface area contributed by atoms with Crippen molar-refractivity contribution in [3.05, 3.63) is 47.8 Å². The number of hydrogen-bond acceptors (Lipinski definition) is 6. The van der Waals surface area contributed by atoms with E-state index in [9.17, 15) is 18.8 Å². The van der Waals surface area contributed by atoms with Gasteiger partial charge in [0.1, 0.15) is 17.5 Å². The van der Waals surface area contributed by atoms with Crippen molar-refractivity contribution in [2.24, 2.45) is 5.92 Å². The van der Waals surface area contributed by atoms with E-state index in [2.05, 4.69) is 17.2 Å². The van der Waals surface area contributed by atoms with E-state index < -0.39 is 29.7 Å². The highest BCUT2D eigenvalue weighted by molar-refractivity contribution is 5.93. The summed E-state index contributed by atoms with van der Waals surface area (Å²) in [6.07, 6.45) is 1.34. The van der Waals surface area contributed by atoms with Gasteiger partial charge in [0.2, 0.25) is 5.91 Å². The zero-order valence-electron chi connectivity index (χ0n) is 17.4. The molecule has 1 saturated carbocycles. The Morgan fingerprint density at radius 3 is 2.87 bits per heavy atom. The molecule has 1 saturated heterocycles. The topological polar surface area (TPSA) is 97.0 Å². The number of carbonyl (C=O) groups is 3. The first kappa shape index (κ1) is 21.3. The molecule has 4 atom stereocenters. The van der Waals surface area contributed by atoms with Crippen LogP contribution in [-0.4, -0.2) is 53.7 Å². The van der Waals surface area contributed by atoms with Crippen molar-refractivity contribution in [3.63, 3.8) is 0 Å². The molecule has 4 unspecified atom stereocenters. The van der Waals surface area contributed by atoms with E-state index in [1.165, 1.54) is 11.0 Å². The van der Waals surface area contributed by atoms with Gasteiger partial charge < -0.3 is 20.1 Å². The molecule has 0 bridgehead atoms. The third kappa shape index (κ3) is 4.01. The molecular weight excluding hydrogens is 405 g/mol. The predicted molar refractivity (Wildman–Crippen MR) is 108 cm³/mol. The second-order valence-electron chi connectivity index (χ2n) is 8.16. The molecule has 2 aliphatic heterocycles. The summed E-state index contributed by atoms with van der Waals surface area (Å²) in [5.41, 5.74) is 0.215. The maximum atomic E-state index is 13.9. The summed E-state index contributed by atoms with van der Waals surface area (Å²) < 4.78 is 24.5. The Morgan fingerprint density at radius 1 is 1.39 bits per heavy atom. The Bertz CT molecular complexity index is 922. The van der Waals surface area contributed by atoms with Crippen molar-refractivity contribution in [2.75, 3.05) is 13.2 Å². The van der Waals surface area contributed by atoms with Crippen molar-refractivity contribution >= 4 is 18.0 Å². The lowest BCUT2D eigenvalue weighted by molar-refractivity contribution is -0.149. The van der Waals surface area contributed by atoms with Crippen LogP contribution < -0.4 is 10.6 Å². The molecule has 0 radical (unpaired) electrons. The van der Waals surface area contributed by atoms with Gasteiger partial charge in [-0.05, 0) is 25.0 Å². The van der Waals surface area contributed by atoms with E-state index in [0.717, 1.165) is 5.56 Å². The van der Waals surface area contributed by atoms with E-state index >= 15 is 0 Å². The number of halogens is 1. The molecule has 8 nitrogen and oxygen atoms in total. The SMILES string of the molecule is C=CC1CC1(NC(=O)C1CC(OC(=O)N2Cc3cccc(F)c3C2)CN1)C(=O)OCC. The smallest absolute Gasteiger partial charge is 0.410 e. The zero-order chi connectivity index (χ0) is 22.2. The Hall–Kier alpha value is -2.94. The van der Waals surface area contributed by atoms with Crippen LogP contribution in [0.1, 0.15) is 30.9 Å². The van der Waals surface area contributed by atoms with Crippen LogP contribution in [-0.2, 0) is 32.2 Å². The standard InChI is InChI=1S/C22H26FN3O5/c1-3-14-9-22(14,20(28)30-4-2)25-19(27)18-8-15(10-24-18)31-21(29)26-11-13-6-5-7-17(23)16(13)12-26/h3,5-7,14-15,18,24H,1,4,8-12H2,2H3,(H,25,27). The molecule has 3 aliphatic rings. The summed E-state index contributed by atoms with van der Waals surface area (Å²) >= 11 is 0. The highest BCUT2D eigenvalue weighted by Crippen LogP contribution is 2.45. The summed E-state index contributed by atoms with van der Waals surface area (Å²) in [5, 5.41) is 5.84. The second-order valence-corrected chi connectivity index (χ2v) is 8.16. The molecule has 1 aromatic carbocycles. The van der Waals surface area contributed by atoms with E-state index in [1.54, 1.807) is 25.1 Å². The maximum absolute atomic E-state index is 13.9. The first-order valence-electron chi connectivity index (χ1n) is 10.4. The minimum Gasteiger partial charge on any atom is -0.464 e. The average Bonchev–Trinajstić information content (AvgIpc) is 3.06. The fourth-order valence-corrected chi connectivity index (χ4v) is 4.29. The molecule has 9 heteroatoms. The van der Waals surface area contributed by atoms with Gasteiger partial charge >= 0.3 is 12.1 Å². The van der Waals surface area contributed by atoms with Crippen molar-refractivity contribution in [3.8, 4) is 0 Å². The molecule has 166 valence electrons. The molecule has 2 amide bonds. The van der Waals surface area contributed by atoms with Crippen molar-refractivity contribution in [1.29, 1.82) is 0 Å². The predicted octanol–water partition coefficient (Wildman–Crippen LogP) is 1.63. The summed E-state index contributed by atoms with van der Waals surface area (Å²) in [6.45, 7) is 6.42. The molecule has 31 heavy (non-hydrogen) atoms. The van der Waals surface area contributed by atoms with Gasteiger partial charge in [-0.1, -0.05) is 18.2 Å². The Labute approximate surface area is 179 Å². The molecule has 2 N–H and O–H groups in total. The van der Waals surface area contributed by atoms with Gasteiger partial charge in [0.15, 0.2) is 0 Å². The van der Waals surface area contributed by atoms with Crippen LogP contribution in [0.2, 0.25) is 0 Å². The van der Waals surface area contributed by atoms with E-state index in [4.69, 9.17) is 9.47 Å². The number of fused-ring (bicyclic) bond motifs is 1. The van der Waals surface area contributed by atoms with Gasteiger partial charge in [-0.2, -0.15) is 0 Å². The largest absolute Gasteiger partial charge is 0.464 e. The van der Waals surface area contributed by atoms with Gasteiger partial charge in [-0.25, -0.2) is 14.0 Å². The lowest BCUT2D eigenvalue weighted by atomic mass is 10.1. The number of benzene rings is 1. The fraction of sp³-hybridized carbons (Fsp3) is 0.500. The number of nitrogens with zero attached hydrogens (tertiary/aromatic N) is 1. The van der Waals surface area contributed by atoms with E-state index in [0.29, 0.717) is 25.1 Å². The molecule has 2 heterocycles. The minimum atomic E-state index is -1.06. The summed E-state index contributed by atoms with van der Waals surface area (Å²) in [6, 6.07) is 4.19. The third-order valence-corrected chi connectivity index (χ3v) is 6.14. The van der Waals surface area contributed by atoms with Gasteiger partial charge in [0.25, 0.3) is 0 Å². The number of hydrogen-bond donors (Lipinski definition) is 2. The molecule has 0 aromatic heterocycles. The number of amides is 2. The Morgan fingerprint density at radius 2 is 2.19 bits per heavy atom. The number of esters is 1. The first-order valence-corrected chi connectivity index (χ1v) is 10.4. The highest BCUT2D eigenvalue weighted by Gasteiger charge is 2.61. The number of carbonyl (C=O) groups excluding carboxylic acids is 3. The number of nitrogens with one attached hydrogen (secondary N) is 2. The van der Waals surface area contributed by atoms with Crippen LogP contribution >= 0.6 is 0 Å². The third-order valence-electron chi connectivity index (χ3n) is 6.14. The molecule has 1 aliphatic carbocycles. The average molecular weight is 431 g/mol. The van der Waals surface area contributed by atoms with E-state index in [-0.39, 0.29) is 37.2 Å². The fourth-order valence-electron chi connectivity index (χ4n) is 4.29. The molecule has 1 aromatic rings. The van der Waals surface area contributed by atoms with Crippen LogP contribution in [0.4, 0.5) is 9.18 Å². The minimum absolute atomic E-state index is 0.163. The van der Waals surface area contributed by atoms with Crippen molar-refractivity contribution < 1.29 is 28.2 Å². The van der Waals surface area contributed by atoms with Gasteiger partial charge in [0, 0.05) is 31.0 Å². The van der Waals surface area contributed by atoms with Crippen LogP contribution in [0, 0.1) is 11.7 Å². The molecule has 0 spiro atoms. The van der Waals surface area contributed by atoms with Crippen LogP contribution in [0.25, 0.3) is 0 Å². The van der Waals surface area contributed by atoms with Gasteiger partial charge in [-0.15, -0.1) is 6.58 Å². The number of rotatable bonds is 6. The highest BCUT2D eigenvalue weighted by atomic mass is 19.1. The normalized spacial score (nSPS) is 28.6. The molecule has 4 rings (SSSR count). The van der Waals surface area contributed by atoms with Gasteiger partial charge in [-0.3, -0.25) is 9.69 Å². The second kappa shape index (κ2) is 8.30. The summed E-state index contributed by atoms with van der Waals surface area (Å²) in [5.74, 6) is -1.30. The monoisotopic (exact) mass is 431 g/mol. The van der Waals surface area contributed by atoms with Crippen molar-refractivity contribution in [2.45, 2.75) is 50.5 Å². The van der Waals surface area contributed by atoms with Crippen LogP contribution in [0.3, 0.4) is 0 Å². The van der Waals surface area contributed by atoms with Gasteiger partial charge in [0.05, 0.1) is 19.2 Å². The quantitative estimate of drug-likeness (QED) is 0.525. The van der Waals surface area contributed by atoms with Crippen LogP contribution in [0.15, 0.2) is 30.9 Å². The Kier molecular flexibility index (Phi) is 5.70. The molecule has 2 fully saturated rings. The molecular formula is C22H26FN3O5. The van der Waals surface area contributed by atoms with Crippen molar-refractivity contribution in [1.82, 2.24) is 15.5 Å². The maximum Gasteiger partial charge on any atom is 0.410 e. The lowest BCUT2D eigenvalue weighted by Crippen LogP contribution is -2.51. The Balaban J connectivity index is 1.30.